The van der Waals surface area contributed by atoms with Gasteiger partial charge in [-0.3, -0.25) is 9.59 Å². The average Bonchev–Trinajstić information content (AvgIpc) is 2.97. The van der Waals surface area contributed by atoms with E-state index >= 15 is 0 Å². The molecule has 0 aliphatic heterocycles. The molecule has 1 aliphatic rings. The van der Waals surface area contributed by atoms with Crippen molar-refractivity contribution in [1.82, 2.24) is 0 Å². The number of benzene rings is 1. The summed E-state index contributed by atoms with van der Waals surface area (Å²) in [7, 11) is 0. The predicted octanol–water partition coefficient (Wildman–Crippen LogP) is 4.09. The van der Waals surface area contributed by atoms with Crippen LogP contribution >= 0.6 is 0 Å². The van der Waals surface area contributed by atoms with Gasteiger partial charge in [0.05, 0.1) is 13.2 Å². The van der Waals surface area contributed by atoms with Gasteiger partial charge in [0.15, 0.2) is 5.41 Å². The highest BCUT2D eigenvalue weighted by atomic mass is 16.6. The fourth-order valence-corrected chi connectivity index (χ4v) is 3.26. The van der Waals surface area contributed by atoms with Gasteiger partial charge in [0.2, 0.25) is 0 Å². The van der Waals surface area contributed by atoms with E-state index in [1.807, 2.05) is 37.3 Å². The van der Waals surface area contributed by atoms with Crippen LogP contribution in [0.5, 0.6) is 0 Å². The zero-order valence-electron chi connectivity index (χ0n) is 15.2. The fourth-order valence-electron chi connectivity index (χ4n) is 3.26. The van der Waals surface area contributed by atoms with Crippen LogP contribution in [0.25, 0.3) is 6.08 Å². The van der Waals surface area contributed by atoms with Crippen LogP contribution in [0.1, 0.15) is 37.8 Å². The summed E-state index contributed by atoms with van der Waals surface area (Å²) in [6, 6.07) is 8.12. The molecule has 0 N–H and O–H groups in total. The van der Waals surface area contributed by atoms with Crippen molar-refractivity contribution in [2.45, 2.75) is 33.6 Å². The highest BCUT2D eigenvalue weighted by Gasteiger charge is 2.55. The highest BCUT2D eigenvalue weighted by molar-refractivity contribution is 6.01. The number of rotatable bonds is 6. The van der Waals surface area contributed by atoms with E-state index in [9.17, 15) is 9.59 Å². The van der Waals surface area contributed by atoms with E-state index in [1.165, 1.54) is 5.56 Å². The number of aryl methyl sites for hydroxylation is 1. The van der Waals surface area contributed by atoms with Crippen molar-refractivity contribution in [1.29, 1.82) is 0 Å². The van der Waals surface area contributed by atoms with Crippen molar-refractivity contribution >= 4 is 18.0 Å². The minimum absolute atomic E-state index is 0.0601. The normalized spacial score (nSPS) is 20.3. The van der Waals surface area contributed by atoms with Gasteiger partial charge < -0.3 is 9.47 Å². The van der Waals surface area contributed by atoms with Gasteiger partial charge in [0, 0.05) is 0 Å². The number of ether oxygens (including phenoxy) is 2. The van der Waals surface area contributed by atoms with E-state index in [1.54, 1.807) is 19.9 Å². The standard InChI is InChI=1S/C21H26O4/c1-5-17-13-21(19(22)24-6-2,20(23)25-7-3)14-18(17)12-16-10-8-15(4)9-11-16/h5,8-12,17H,1,6-7,13-14H2,2-4H3/b18-12+. The molecule has 1 aromatic carbocycles. The zero-order chi connectivity index (χ0) is 18.4. The van der Waals surface area contributed by atoms with Crippen LogP contribution in [-0.2, 0) is 19.1 Å². The third-order valence-electron chi connectivity index (χ3n) is 4.60. The highest BCUT2D eigenvalue weighted by Crippen LogP contribution is 2.48. The van der Waals surface area contributed by atoms with Crippen LogP contribution in [0, 0.1) is 18.3 Å². The largest absolute Gasteiger partial charge is 0.465 e. The van der Waals surface area contributed by atoms with E-state index in [0.29, 0.717) is 12.8 Å². The maximum Gasteiger partial charge on any atom is 0.323 e. The fraction of sp³-hybridized carbons (Fsp3) is 0.429. The Balaban J connectivity index is 2.40. The Bertz CT molecular complexity index is 652. The summed E-state index contributed by atoms with van der Waals surface area (Å²) < 4.78 is 10.4. The van der Waals surface area contributed by atoms with Gasteiger partial charge in [-0.2, -0.15) is 0 Å². The summed E-state index contributed by atoms with van der Waals surface area (Å²) in [5.41, 5.74) is 1.94. The van der Waals surface area contributed by atoms with Gasteiger partial charge in [-0.25, -0.2) is 0 Å². The van der Waals surface area contributed by atoms with Crippen molar-refractivity contribution in [3.63, 3.8) is 0 Å². The molecule has 1 aromatic rings. The predicted molar refractivity (Wildman–Crippen MR) is 97.8 cm³/mol. The van der Waals surface area contributed by atoms with Crippen molar-refractivity contribution in [2.24, 2.45) is 11.3 Å². The van der Waals surface area contributed by atoms with Crippen LogP contribution in [0.3, 0.4) is 0 Å². The number of allylic oxidation sites excluding steroid dienone is 2. The molecule has 0 heterocycles. The maximum atomic E-state index is 12.6. The lowest BCUT2D eigenvalue weighted by Crippen LogP contribution is -2.40. The molecule has 0 aromatic heterocycles. The van der Waals surface area contributed by atoms with E-state index in [0.717, 1.165) is 11.1 Å². The molecule has 0 radical (unpaired) electrons. The van der Waals surface area contributed by atoms with E-state index in [2.05, 4.69) is 6.58 Å². The molecular formula is C21H26O4. The van der Waals surface area contributed by atoms with Crippen molar-refractivity contribution in [3.8, 4) is 0 Å². The zero-order valence-corrected chi connectivity index (χ0v) is 15.2. The van der Waals surface area contributed by atoms with Crippen LogP contribution < -0.4 is 0 Å². The van der Waals surface area contributed by atoms with Crippen molar-refractivity contribution < 1.29 is 19.1 Å². The van der Waals surface area contributed by atoms with Crippen LogP contribution in [0.2, 0.25) is 0 Å². The third kappa shape index (κ3) is 4.01. The first-order valence-corrected chi connectivity index (χ1v) is 8.71. The number of hydrogen-bond acceptors (Lipinski definition) is 4. The Hall–Kier alpha value is -2.36. The first-order valence-electron chi connectivity index (χ1n) is 8.71. The molecule has 1 fully saturated rings. The second-order valence-corrected chi connectivity index (χ2v) is 6.38. The first-order chi connectivity index (χ1) is 12.0. The smallest absolute Gasteiger partial charge is 0.323 e. The van der Waals surface area contributed by atoms with E-state index in [4.69, 9.17) is 9.47 Å². The third-order valence-corrected chi connectivity index (χ3v) is 4.60. The minimum Gasteiger partial charge on any atom is -0.465 e. The number of carbonyl (C=O) groups is 2. The van der Waals surface area contributed by atoms with E-state index < -0.39 is 17.4 Å². The molecule has 0 amide bonds. The summed E-state index contributed by atoms with van der Waals surface area (Å²) in [6.07, 6.45) is 4.47. The lowest BCUT2D eigenvalue weighted by molar-refractivity contribution is -0.171. The monoisotopic (exact) mass is 342 g/mol. The number of hydrogen-bond donors (Lipinski definition) is 0. The lowest BCUT2D eigenvalue weighted by atomic mass is 9.85. The van der Waals surface area contributed by atoms with Gasteiger partial charge in [0.25, 0.3) is 0 Å². The number of esters is 2. The van der Waals surface area contributed by atoms with Gasteiger partial charge in [0.1, 0.15) is 0 Å². The second-order valence-electron chi connectivity index (χ2n) is 6.38. The van der Waals surface area contributed by atoms with Crippen molar-refractivity contribution in [2.75, 3.05) is 13.2 Å². The summed E-state index contributed by atoms with van der Waals surface area (Å²) in [4.78, 5) is 25.2. The second kappa shape index (κ2) is 8.15. The first kappa shape index (κ1) is 19.0. The molecule has 25 heavy (non-hydrogen) atoms. The van der Waals surface area contributed by atoms with Gasteiger partial charge in [-0.15, -0.1) is 6.58 Å². The number of carbonyl (C=O) groups excluding carboxylic acids is 2. The molecule has 1 aliphatic carbocycles. The molecule has 0 bridgehead atoms. The van der Waals surface area contributed by atoms with Gasteiger partial charge in [-0.1, -0.05) is 47.6 Å². The lowest BCUT2D eigenvalue weighted by Gasteiger charge is -2.24. The summed E-state index contributed by atoms with van der Waals surface area (Å²) >= 11 is 0. The summed E-state index contributed by atoms with van der Waals surface area (Å²) in [6.45, 7) is 9.85. The molecular weight excluding hydrogens is 316 g/mol. The Morgan fingerprint density at radius 1 is 1.16 bits per heavy atom. The Labute approximate surface area is 149 Å². The Morgan fingerprint density at radius 2 is 1.72 bits per heavy atom. The molecule has 1 saturated carbocycles. The molecule has 0 spiro atoms. The van der Waals surface area contributed by atoms with Crippen molar-refractivity contribution in [3.05, 3.63) is 53.6 Å². The van der Waals surface area contributed by atoms with Crippen LogP contribution in [-0.4, -0.2) is 25.2 Å². The Morgan fingerprint density at radius 3 is 2.20 bits per heavy atom. The van der Waals surface area contributed by atoms with Crippen LogP contribution in [0.15, 0.2) is 42.5 Å². The van der Waals surface area contributed by atoms with Crippen LogP contribution in [0.4, 0.5) is 0 Å². The topological polar surface area (TPSA) is 52.6 Å². The maximum absolute atomic E-state index is 12.6. The van der Waals surface area contributed by atoms with Gasteiger partial charge >= 0.3 is 11.9 Å². The Kier molecular flexibility index (Phi) is 6.18. The molecule has 4 heteroatoms. The molecule has 2 rings (SSSR count). The minimum atomic E-state index is -1.28. The molecule has 4 nitrogen and oxygen atoms in total. The summed E-state index contributed by atoms with van der Waals surface area (Å²) in [5, 5.41) is 0. The molecule has 0 saturated heterocycles. The quantitative estimate of drug-likeness (QED) is 0.444. The molecule has 1 unspecified atom stereocenters. The SMILES string of the molecule is C=CC1CC(C(=O)OCC)(C(=O)OCC)C/C1=C\c1ccc(C)cc1. The summed E-state index contributed by atoms with van der Waals surface area (Å²) in [5.74, 6) is -1.07. The average molecular weight is 342 g/mol. The molecule has 134 valence electrons. The van der Waals surface area contributed by atoms with E-state index in [-0.39, 0.29) is 19.1 Å². The molecule has 1 atom stereocenters. The van der Waals surface area contributed by atoms with Gasteiger partial charge in [-0.05, 0) is 45.1 Å².